The highest BCUT2D eigenvalue weighted by atomic mass is 32.2. The molecule has 2 aliphatic heterocycles. The summed E-state index contributed by atoms with van der Waals surface area (Å²) in [7, 11) is 0. The predicted octanol–water partition coefficient (Wildman–Crippen LogP) is 3.91. The van der Waals surface area contributed by atoms with Gasteiger partial charge in [0, 0.05) is 11.0 Å². The summed E-state index contributed by atoms with van der Waals surface area (Å²) in [5.41, 5.74) is 2.58. The first-order valence-electron chi connectivity index (χ1n) is 7.30. The van der Waals surface area contributed by atoms with Crippen molar-refractivity contribution < 1.29 is 9.53 Å². The van der Waals surface area contributed by atoms with Crippen LogP contribution in [0.15, 0.2) is 44.6 Å². The summed E-state index contributed by atoms with van der Waals surface area (Å²) in [6, 6.07) is 3.70. The number of fused-ring (bicyclic) bond motifs is 1. The van der Waals surface area contributed by atoms with E-state index in [1.165, 1.54) is 4.91 Å². The van der Waals surface area contributed by atoms with Gasteiger partial charge in [0.05, 0.1) is 10.3 Å². The molecule has 0 fully saturated rings. The quantitative estimate of drug-likeness (QED) is 0.499. The average Bonchev–Trinajstić information content (AvgIpc) is 2.97. The summed E-state index contributed by atoms with van der Waals surface area (Å²) < 4.78 is 5.08. The van der Waals surface area contributed by atoms with E-state index in [1.807, 2.05) is 32.9 Å². The van der Waals surface area contributed by atoms with Crippen molar-refractivity contribution in [1.29, 1.82) is 10.5 Å². The number of rotatable bonds is 0. The van der Waals surface area contributed by atoms with E-state index in [9.17, 15) is 15.3 Å². The molecule has 0 spiro atoms. The molecule has 23 heavy (non-hydrogen) atoms. The summed E-state index contributed by atoms with van der Waals surface area (Å²) in [6.07, 6.45) is 2.12. The molecule has 0 aromatic heterocycles. The molecular weight excluding hydrogens is 308 g/mol. The molecule has 0 saturated heterocycles. The molecule has 4 nitrogen and oxygen atoms in total. The number of ether oxygens (including phenoxy) is 1. The minimum absolute atomic E-state index is 0.129. The molecule has 1 atom stereocenters. The molecule has 0 aromatic carbocycles. The summed E-state index contributed by atoms with van der Waals surface area (Å²) >= 11 is 1.76. The van der Waals surface area contributed by atoms with Gasteiger partial charge in [-0.2, -0.15) is 10.5 Å². The van der Waals surface area contributed by atoms with Crippen LogP contribution in [0, 0.1) is 28.1 Å². The molecule has 0 saturated carbocycles. The fourth-order valence-corrected chi connectivity index (χ4v) is 5.20. The van der Waals surface area contributed by atoms with Gasteiger partial charge in [0.2, 0.25) is 0 Å². The highest BCUT2D eigenvalue weighted by molar-refractivity contribution is 8.04. The number of esters is 1. The maximum absolute atomic E-state index is 12.4. The molecular formula is C18H16N2O2S. The van der Waals surface area contributed by atoms with Gasteiger partial charge in [-0.15, -0.1) is 11.8 Å². The lowest BCUT2D eigenvalue weighted by molar-refractivity contribution is -0.133. The summed E-state index contributed by atoms with van der Waals surface area (Å²) in [5.74, 6) is -0.342. The minimum atomic E-state index is -0.471. The summed E-state index contributed by atoms with van der Waals surface area (Å²) in [5, 5.41) is 18.4. The molecule has 5 heteroatoms. The van der Waals surface area contributed by atoms with E-state index >= 15 is 0 Å². The highest BCUT2D eigenvalue weighted by Gasteiger charge is 2.57. The smallest absolute Gasteiger partial charge is 0.344 e. The Morgan fingerprint density at radius 2 is 1.83 bits per heavy atom. The zero-order valence-electron chi connectivity index (χ0n) is 13.7. The Balaban J connectivity index is 2.41. The average molecular weight is 324 g/mol. The van der Waals surface area contributed by atoms with Crippen LogP contribution in [0.3, 0.4) is 0 Å². The van der Waals surface area contributed by atoms with Gasteiger partial charge in [-0.05, 0) is 42.9 Å². The number of thioether (sulfide) groups is 1. The molecule has 3 rings (SSSR count). The monoisotopic (exact) mass is 324 g/mol. The Morgan fingerprint density at radius 1 is 1.22 bits per heavy atom. The fourth-order valence-electron chi connectivity index (χ4n) is 3.70. The van der Waals surface area contributed by atoms with E-state index in [0.29, 0.717) is 11.1 Å². The van der Waals surface area contributed by atoms with Crippen molar-refractivity contribution in [2.45, 2.75) is 39.4 Å². The minimum Gasteiger partial charge on any atom is -0.420 e. The molecule has 0 bridgehead atoms. The lowest BCUT2D eigenvalue weighted by Crippen LogP contribution is -2.43. The van der Waals surface area contributed by atoms with Crippen molar-refractivity contribution in [3.63, 3.8) is 0 Å². The van der Waals surface area contributed by atoms with Crippen LogP contribution in [-0.4, -0.2) is 10.7 Å². The lowest BCUT2D eigenvalue weighted by Gasteiger charge is -2.46. The van der Waals surface area contributed by atoms with Crippen molar-refractivity contribution in [2.75, 3.05) is 0 Å². The Morgan fingerprint density at radius 3 is 2.39 bits per heavy atom. The van der Waals surface area contributed by atoms with E-state index < -0.39 is 11.4 Å². The second kappa shape index (κ2) is 4.63. The largest absolute Gasteiger partial charge is 0.420 e. The maximum atomic E-state index is 12.4. The Hall–Kier alpha value is -2.24. The van der Waals surface area contributed by atoms with Crippen molar-refractivity contribution >= 4 is 17.7 Å². The van der Waals surface area contributed by atoms with Crippen LogP contribution in [0.5, 0.6) is 0 Å². The molecule has 0 unspecified atom stereocenters. The Kier molecular flexibility index (Phi) is 3.15. The van der Waals surface area contributed by atoms with Gasteiger partial charge in [0.15, 0.2) is 11.3 Å². The highest BCUT2D eigenvalue weighted by Crippen LogP contribution is 2.64. The number of allylic oxidation sites excluding steroid dienone is 4. The van der Waals surface area contributed by atoms with Crippen molar-refractivity contribution in [3.05, 3.63) is 44.6 Å². The van der Waals surface area contributed by atoms with E-state index in [-0.39, 0.29) is 16.1 Å². The molecule has 2 heterocycles. The Labute approximate surface area is 139 Å². The second-order valence-electron chi connectivity index (χ2n) is 6.62. The van der Waals surface area contributed by atoms with Crippen molar-refractivity contribution in [1.82, 2.24) is 0 Å². The zero-order valence-corrected chi connectivity index (χ0v) is 14.5. The zero-order chi connectivity index (χ0) is 17.2. The normalized spacial score (nSPS) is 27.9. The standard InChI is InChI=1S/C18H16N2O2S/c1-9-6-12-10(2)13-14(17(3,4)18(12,5)23-9)15(22-16(13)21)11(7-19)8-20/h6H,1-5H3/t18-/m1/s1. The van der Waals surface area contributed by atoms with Gasteiger partial charge in [-0.3, -0.25) is 0 Å². The van der Waals surface area contributed by atoms with Crippen LogP contribution in [-0.2, 0) is 9.53 Å². The second-order valence-corrected chi connectivity index (χ2v) is 8.29. The number of carbonyl (C=O) groups is 1. The molecule has 116 valence electrons. The maximum Gasteiger partial charge on any atom is 0.344 e. The summed E-state index contributed by atoms with van der Waals surface area (Å²) in [6.45, 7) is 10.2. The first kappa shape index (κ1) is 15.6. The van der Waals surface area contributed by atoms with Crippen molar-refractivity contribution in [2.24, 2.45) is 5.41 Å². The first-order valence-corrected chi connectivity index (χ1v) is 8.11. The van der Waals surface area contributed by atoms with Gasteiger partial charge < -0.3 is 4.74 Å². The van der Waals surface area contributed by atoms with Crippen LogP contribution in [0.1, 0.15) is 34.6 Å². The number of cyclic esters (lactones) is 1. The number of carbonyl (C=O) groups excluding carboxylic acids is 1. The molecule has 0 N–H and O–H groups in total. The fraction of sp³-hybridized carbons (Fsp3) is 0.389. The third kappa shape index (κ3) is 1.75. The number of hydrogen-bond acceptors (Lipinski definition) is 5. The SMILES string of the molecule is CC1=CC2=C(C)C3=C(C(=C(C#N)C#N)OC3=O)C(C)(C)[C@]2(C)S1. The van der Waals surface area contributed by atoms with Crippen molar-refractivity contribution in [3.8, 4) is 12.1 Å². The van der Waals surface area contributed by atoms with Crippen LogP contribution in [0.4, 0.5) is 0 Å². The van der Waals surface area contributed by atoms with Gasteiger partial charge in [-0.25, -0.2) is 4.79 Å². The third-order valence-corrected chi connectivity index (χ3v) is 6.73. The topological polar surface area (TPSA) is 73.9 Å². The first-order chi connectivity index (χ1) is 10.7. The number of nitrogens with zero attached hydrogens (tertiary/aromatic N) is 2. The van der Waals surface area contributed by atoms with E-state index in [0.717, 1.165) is 11.1 Å². The van der Waals surface area contributed by atoms with Gasteiger partial charge >= 0.3 is 5.97 Å². The Bertz CT molecular complexity index is 856. The molecule has 0 aromatic rings. The van der Waals surface area contributed by atoms with E-state index in [2.05, 4.69) is 19.9 Å². The van der Waals surface area contributed by atoms with Gasteiger partial charge in [0.1, 0.15) is 12.1 Å². The number of nitriles is 2. The van der Waals surface area contributed by atoms with Crippen LogP contribution in [0.25, 0.3) is 0 Å². The predicted molar refractivity (Wildman–Crippen MR) is 87.6 cm³/mol. The van der Waals surface area contributed by atoms with Crippen LogP contribution < -0.4 is 0 Å². The third-order valence-electron chi connectivity index (χ3n) is 5.15. The van der Waals surface area contributed by atoms with Gasteiger partial charge in [-0.1, -0.05) is 13.8 Å². The summed E-state index contributed by atoms with van der Waals surface area (Å²) in [4.78, 5) is 13.6. The van der Waals surface area contributed by atoms with Gasteiger partial charge in [0.25, 0.3) is 0 Å². The van der Waals surface area contributed by atoms with E-state index in [4.69, 9.17) is 4.74 Å². The number of hydrogen-bond donors (Lipinski definition) is 0. The molecule has 0 amide bonds. The lowest BCUT2D eigenvalue weighted by atomic mass is 9.63. The van der Waals surface area contributed by atoms with Crippen LogP contribution in [0.2, 0.25) is 0 Å². The molecule has 1 aliphatic carbocycles. The van der Waals surface area contributed by atoms with E-state index in [1.54, 1.807) is 11.8 Å². The van der Waals surface area contributed by atoms with Crippen LogP contribution >= 0.6 is 11.8 Å². The molecule has 3 aliphatic rings. The molecule has 0 radical (unpaired) electrons.